The number of nitrogens with one attached hydrogen (secondary N) is 1. The van der Waals surface area contributed by atoms with Crippen molar-refractivity contribution < 1.29 is 4.79 Å². The van der Waals surface area contributed by atoms with Crippen molar-refractivity contribution in [2.45, 2.75) is 55.2 Å². The Hall–Kier alpha value is -1.74. The van der Waals surface area contributed by atoms with E-state index >= 15 is 0 Å². The highest BCUT2D eigenvalue weighted by molar-refractivity contribution is 8.00. The minimum Gasteiger partial charge on any atom is -0.352 e. The smallest absolute Gasteiger partial charge is 0.238 e. The maximum absolute atomic E-state index is 12.7. The van der Waals surface area contributed by atoms with Crippen molar-refractivity contribution in [1.29, 1.82) is 0 Å². The predicted molar refractivity (Wildman–Crippen MR) is 101 cm³/mol. The molecule has 2 nitrogen and oxygen atoms in total. The largest absolute Gasteiger partial charge is 0.352 e. The van der Waals surface area contributed by atoms with E-state index in [1.807, 2.05) is 30.3 Å². The monoisotopic (exact) mass is 339 g/mol. The molecule has 1 N–H and O–H groups in total. The van der Waals surface area contributed by atoms with Crippen molar-refractivity contribution in [3.63, 3.8) is 0 Å². The van der Waals surface area contributed by atoms with Gasteiger partial charge in [0.1, 0.15) is 5.25 Å². The van der Waals surface area contributed by atoms with E-state index in [0.29, 0.717) is 6.04 Å². The minimum absolute atomic E-state index is 0.119. The van der Waals surface area contributed by atoms with Crippen molar-refractivity contribution in [1.82, 2.24) is 5.32 Å². The van der Waals surface area contributed by atoms with Crippen molar-refractivity contribution >= 4 is 17.7 Å². The van der Waals surface area contributed by atoms with Crippen LogP contribution in [-0.2, 0) is 10.2 Å². The summed E-state index contributed by atoms with van der Waals surface area (Å²) in [4.78, 5) is 13.8. The molecule has 1 fully saturated rings. The molecule has 126 valence electrons. The van der Waals surface area contributed by atoms with Crippen molar-refractivity contribution in [3.05, 3.63) is 65.7 Å². The van der Waals surface area contributed by atoms with Crippen LogP contribution in [-0.4, -0.2) is 11.9 Å². The standard InChI is InChI=1S/C21H25NOS/c1-21(2,3)16-9-13-18(14-10-16)24-19(15-7-5-4-6-8-15)20(23)22-17-11-12-17/h4-10,13-14,17,19H,11-12H2,1-3H3,(H,22,23)/t19-/m0/s1. The molecule has 0 radical (unpaired) electrons. The molecule has 1 atom stereocenters. The quantitative estimate of drug-likeness (QED) is 0.768. The molecule has 1 saturated carbocycles. The van der Waals surface area contributed by atoms with Gasteiger partial charge >= 0.3 is 0 Å². The Morgan fingerprint density at radius 1 is 1.04 bits per heavy atom. The van der Waals surface area contributed by atoms with Crippen molar-refractivity contribution in [3.8, 4) is 0 Å². The van der Waals surface area contributed by atoms with Gasteiger partial charge in [0.25, 0.3) is 0 Å². The number of hydrogen-bond acceptors (Lipinski definition) is 2. The van der Waals surface area contributed by atoms with Gasteiger partial charge in [0.05, 0.1) is 0 Å². The molecule has 1 aliphatic carbocycles. The van der Waals surface area contributed by atoms with E-state index in [1.54, 1.807) is 11.8 Å². The van der Waals surface area contributed by atoms with E-state index < -0.39 is 0 Å². The fourth-order valence-electron chi connectivity index (χ4n) is 2.57. The Morgan fingerprint density at radius 2 is 1.67 bits per heavy atom. The lowest BCUT2D eigenvalue weighted by molar-refractivity contribution is -0.120. The number of hydrogen-bond donors (Lipinski definition) is 1. The van der Waals surface area contributed by atoms with E-state index in [0.717, 1.165) is 23.3 Å². The van der Waals surface area contributed by atoms with E-state index in [4.69, 9.17) is 0 Å². The molecule has 3 heteroatoms. The molecular formula is C21H25NOS. The predicted octanol–water partition coefficient (Wildman–Crippen LogP) is 5.10. The van der Waals surface area contributed by atoms with Gasteiger partial charge in [-0.25, -0.2) is 0 Å². The molecule has 2 aromatic carbocycles. The van der Waals surface area contributed by atoms with Gasteiger partial charge in [0.15, 0.2) is 0 Å². The molecule has 24 heavy (non-hydrogen) atoms. The van der Waals surface area contributed by atoms with Gasteiger partial charge in [-0.15, -0.1) is 11.8 Å². The lowest BCUT2D eigenvalue weighted by Crippen LogP contribution is -2.29. The van der Waals surface area contributed by atoms with Crippen LogP contribution in [0.4, 0.5) is 0 Å². The SMILES string of the molecule is CC(C)(C)c1ccc(S[C@H](C(=O)NC2CC2)c2ccccc2)cc1. The van der Waals surface area contributed by atoms with E-state index in [2.05, 4.69) is 50.4 Å². The Morgan fingerprint density at radius 3 is 2.21 bits per heavy atom. The number of thioether (sulfide) groups is 1. The number of amides is 1. The highest BCUT2D eigenvalue weighted by atomic mass is 32.2. The molecular weight excluding hydrogens is 314 g/mol. The van der Waals surface area contributed by atoms with Crippen LogP contribution in [0.2, 0.25) is 0 Å². The fraction of sp³-hybridized carbons (Fsp3) is 0.381. The maximum Gasteiger partial charge on any atom is 0.238 e. The van der Waals surface area contributed by atoms with Crippen LogP contribution >= 0.6 is 11.8 Å². The summed E-state index contributed by atoms with van der Waals surface area (Å²) in [6.45, 7) is 6.64. The summed E-state index contributed by atoms with van der Waals surface area (Å²) in [5.74, 6) is 0.119. The zero-order valence-corrected chi connectivity index (χ0v) is 15.4. The molecule has 0 bridgehead atoms. The molecule has 0 aromatic heterocycles. The van der Waals surface area contributed by atoms with Crippen molar-refractivity contribution in [2.75, 3.05) is 0 Å². The number of carbonyl (C=O) groups is 1. The molecule has 0 heterocycles. The lowest BCUT2D eigenvalue weighted by Gasteiger charge is -2.20. The highest BCUT2D eigenvalue weighted by Crippen LogP contribution is 2.37. The summed E-state index contributed by atoms with van der Waals surface area (Å²) >= 11 is 1.63. The highest BCUT2D eigenvalue weighted by Gasteiger charge is 2.29. The number of benzene rings is 2. The summed E-state index contributed by atoms with van der Waals surface area (Å²) in [6, 6.07) is 19.0. The van der Waals surface area contributed by atoms with Crippen LogP contribution < -0.4 is 5.32 Å². The zero-order valence-electron chi connectivity index (χ0n) is 14.6. The van der Waals surface area contributed by atoms with Gasteiger partial charge in [0.2, 0.25) is 5.91 Å². The summed E-state index contributed by atoms with van der Waals surface area (Å²) in [5.41, 5.74) is 2.51. The third-order valence-corrected chi connectivity index (χ3v) is 5.50. The molecule has 2 aromatic rings. The lowest BCUT2D eigenvalue weighted by atomic mass is 9.87. The fourth-order valence-corrected chi connectivity index (χ4v) is 3.61. The Bertz CT molecular complexity index is 684. The Balaban J connectivity index is 1.79. The van der Waals surface area contributed by atoms with Gasteiger partial charge in [0, 0.05) is 10.9 Å². The molecule has 0 unspecified atom stereocenters. The third kappa shape index (κ3) is 4.41. The van der Waals surface area contributed by atoms with Gasteiger partial charge in [-0.05, 0) is 41.5 Å². The molecule has 1 amide bonds. The second-order valence-electron chi connectivity index (χ2n) is 7.47. The van der Waals surface area contributed by atoms with Crippen LogP contribution in [0.3, 0.4) is 0 Å². The van der Waals surface area contributed by atoms with Crippen molar-refractivity contribution in [2.24, 2.45) is 0 Å². The first kappa shape index (κ1) is 17.1. The maximum atomic E-state index is 12.7. The van der Waals surface area contributed by atoms with E-state index in [9.17, 15) is 4.79 Å². The summed E-state index contributed by atoms with van der Waals surface area (Å²) in [6.07, 6.45) is 2.22. The average molecular weight is 340 g/mol. The normalized spacial score (nSPS) is 15.8. The zero-order chi connectivity index (χ0) is 17.2. The topological polar surface area (TPSA) is 29.1 Å². The molecule has 0 saturated heterocycles. The molecule has 0 aliphatic heterocycles. The van der Waals surface area contributed by atoms with Crippen LogP contribution in [0, 0.1) is 0 Å². The average Bonchev–Trinajstić information content (AvgIpc) is 3.37. The first-order valence-electron chi connectivity index (χ1n) is 8.56. The van der Waals surface area contributed by atoms with Crippen LogP contribution in [0.1, 0.15) is 50.0 Å². The van der Waals surface area contributed by atoms with Crippen LogP contribution in [0.25, 0.3) is 0 Å². The first-order valence-corrected chi connectivity index (χ1v) is 9.44. The number of rotatable bonds is 5. The second-order valence-corrected chi connectivity index (χ2v) is 8.64. The Labute approximate surface area is 149 Å². The number of carbonyl (C=O) groups excluding carboxylic acids is 1. The molecule has 0 spiro atoms. The van der Waals surface area contributed by atoms with Gasteiger partial charge in [-0.2, -0.15) is 0 Å². The molecule has 1 aliphatic rings. The second kappa shape index (κ2) is 7.02. The molecule has 3 rings (SSSR count). The summed E-state index contributed by atoms with van der Waals surface area (Å²) < 4.78 is 0. The summed E-state index contributed by atoms with van der Waals surface area (Å²) in [7, 11) is 0. The van der Waals surface area contributed by atoms with E-state index in [-0.39, 0.29) is 16.6 Å². The summed E-state index contributed by atoms with van der Waals surface area (Å²) in [5, 5.41) is 2.95. The minimum atomic E-state index is -0.202. The van der Waals surface area contributed by atoms with Crippen LogP contribution in [0.15, 0.2) is 59.5 Å². The Kier molecular flexibility index (Phi) is 5.00. The van der Waals surface area contributed by atoms with Gasteiger partial charge in [-0.1, -0.05) is 63.2 Å². The first-order chi connectivity index (χ1) is 11.4. The third-order valence-electron chi connectivity index (χ3n) is 4.24. The van der Waals surface area contributed by atoms with Gasteiger partial charge < -0.3 is 5.32 Å². The van der Waals surface area contributed by atoms with E-state index in [1.165, 1.54) is 5.56 Å². The van der Waals surface area contributed by atoms with Gasteiger partial charge in [-0.3, -0.25) is 4.79 Å². The van der Waals surface area contributed by atoms with Crippen LogP contribution in [0.5, 0.6) is 0 Å².